The fourth-order valence-electron chi connectivity index (χ4n) is 1.85. The topological polar surface area (TPSA) is 29.5 Å². The molecule has 98 valence electrons. The lowest BCUT2D eigenvalue weighted by atomic mass is 9.97. The van der Waals surface area contributed by atoms with E-state index in [0.29, 0.717) is 5.92 Å². The summed E-state index contributed by atoms with van der Waals surface area (Å²) in [4.78, 5) is 13.3. The van der Waals surface area contributed by atoms with Crippen LogP contribution < -0.4 is 0 Å². The van der Waals surface area contributed by atoms with Crippen molar-refractivity contribution in [2.75, 3.05) is 0 Å². The van der Waals surface area contributed by atoms with Gasteiger partial charge in [0.25, 0.3) is 0 Å². The number of carbonyl (C=O) groups is 1. The van der Waals surface area contributed by atoms with Gasteiger partial charge in [0.1, 0.15) is 5.60 Å². The second-order valence-electron chi connectivity index (χ2n) is 5.45. The summed E-state index contributed by atoms with van der Waals surface area (Å²) in [5.41, 5.74) is -0.460. The molecular weight excluding hydrogens is 246 g/mol. The highest BCUT2D eigenvalue weighted by Gasteiger charge is 2.26. The predicted molar refractivity (Wildman–Crippen MR) is 74.8 cm³/mol. The molecule has 4 heteroatoms. The van der Waals surface area contributed by atoms with Crippen LogP contribution in [0.25, 0.3) is 0 Å². The third-order valence-electron chi connectivity index (χ3n) is 2.66. The molecule has 0 bridgehead atoms. The molecule has 0 fully saturated rings. The molecule has 0 radical (unpaired) electrons. The number of carbonyl (C=O) groups excluding carboxylic acids is 1. The van der Waals surface area contributed by atoms with Gasteiger partial charge in [-0.05, 0) is 51.5 Å². The van der Waals surface area contributed by atoms with Crippen LogP contribution in [0.5, 0.6) is 0 Å². The second kappa shape index (κ2) is 5.22. The van der Waals surface area contributed by atoms with Gasteiger partial charge in [0.05, 0.1) is 0 Å². The minimum Gasteiger partial charge on any atom is -0.443 e. The number of rotatable bonds is 0. The van der Waals surface area contributed by atoms with E-state index in [4.69, 9.17) is 4.74 Å². The summed E-state index contributed by atoms with van der Waals surface area (Å²) in [5, 5.41) is 0. The molecule has 0 N–H and O–H groups in total. The zero-order valence-electron chi connectivity index (χ0n) is 11.1. The van der Waals surface area contributed by atoms with E-state index in [0.717, 1.165) is 12.8 Å². The lowest BCUT2D eigenvalue weighted by Crippen LogP contribution is -2.30. The molecule has 0 saturated heterocycles. The Morgan fingerprint density at radius 1 is 1.39 bits per heavy atom. The molecule has 1 aliphatic heterocycles. The maximum Gasteiger partial charge on any atom is 0.424 e. The van der Waals surface area contributed by atoms with Gasteiger partial charge in [0.15, 0.2) is 0 Å². The van der Waals surface area contributed by atoms with Gasteiger partial charge < -0.3 is 4.74 Å². The van der Waals surface area contributed by atoms with Crippen molar-refractivity contribution in [2.45, 2.75) is 39.2 Å². The standard InChI is InChI=1S/C14H19NO2S/c1-14(2,3)17-13(16)15-10-6-8-11-7-4-5-9-12(11)18-15/h4-6,9-11H,7-8H2,1-3H3. The first-order chi connectivity index (χ1) is 8.46. The lowest BCUT2D eigenvalue weighted by molar-refractivity contribution is 0.0454. The molecule has 2 rings (SSSR count). The first-order valence-electron chi connectivity index (χ1n) is 6.19. The number of ether oxygens (including phenoxy) is 1. The Kier molecular flexibility index (Phi) is 3.85. The van der Waals surface area contributed by atoms with Gasteiger partial charge in [-0.15, -0.1) is 0 Å². The van der Waals surface area contributed by atoms with Crippen LogP contribution in [0.3, 0.4) is 0 Å². The van der Waals surface area contributed by atoms with E-state index < -0.39 is 5.60 Å². The van der Waals surface area contributed by atoms with E-state index in [2.05, 4.69) is 18.2 Å². The first-order valence-corrected chi connectivity index (χ1v) is 6.96. The molecule has 0 aromatic carbocycles. The summed E-state index contributed by atoms with van der Waals surface area (Å²) < 4.78 is 6.96. The molecule has 1 aliphatic carbocycles. The van der Waals surface area contributed by atoms with Crippen LogP contribution in [0.4, 0.5) is 4.79 Å². The molecule has 0 aromatic heterocycles. The van der Waals surface area contributed by atoms with Crippen molar-refractivity contribution in [3.63, 3.8) is 0 Å². The molecule has 1 unspecified atom stereocenters. The zero-order valence-corrected chi connectivity index (χ0v) is 11.9. The summed E-state index contributed by atoms with van der Waals surface area (Å²) in [6.45, 7) is 5.63. The second-order valence-corrected chi connectivity index (χ2v) is 6.50. The van der Waals surface area contributed by atoms with Crippen molar-refractivity contribution in [3.05, 3.63) is 35.4 Å². The average molecular weight is 265 g/mol. The van der Waals surface area contributed by atoms with E-state index >= 15 is 0 Å². The quantitative estimate of drug-likeness (QED) is 0.613. The van der Waals surface area contributed by atoms with Gasteiger partial charge in [-0.2, -0.15) is 0 Å². The van der Waals surface area contributed by atoms with E-state index in [9.17, 15) is 4.79 Å². The highest BCUT2D eigenvalue weighted by atomic mass is 32.2. The molecule has 1 atom stereocenters. The molecule has 2 aliphatic rings. The van der Waals surface area contributed by atoms with Gasteiger partial charge in [-0.1, -0.05) is 24.3 Å². The highest BCUT2D eigenvalue weighted by molar-refractivity contribution is 8.01. The summed E-state index contributed by atoms with van der Waals surface area (Å²) >= 11 is 1.47. The van der Waals surface area contributed by atoms with Crippen molar-refractivity contribution in [1.82, 2.24) is 4.31 Å². The third-order valence-corrected chi connectivity index (χ3v) is 3.81. The largest absolute Gasteiger partial charge is 0.443 e. The van der Waals surface area contributed by atoms with Crippen LogP contribution >= 0.6 is 11.9 Å². The Morgan fingerprint density at radius 2 is 2.11 bits per heavy atom. The van der Waals surface area contributed by atoms with Crippen LogP contribution in [-0.2, 0) is 4.74 Å². The van der Waals surface area contributed by atoms with Gasteiger partial charge in [0.2, 0.25) is 0 Å². The highest BCUT2D eigenvalue weighted by Crippen LogP contribution is 2.38. The molecule has 3 nitrogen and oxygen atoms in total. The third kappa shape index (κ3) is 3.42. The first kappa shape index (κ1) is 13.3. The normalized spacial score (nSPS) is 23.2. The lowest BCUT2D eigenvalue weighted by Gasteiger charge is -2.25. The van der Waals surface area contributed by atoms with Crippen molar-refractivity contribution in [3.8, 4) is 0 Å². The van der Waals surface area contributed by atoms with Crippen LogP contribution in [0.15, 0.2) is 35.4 Å². The van der Waals surface area contributed by atoms with Crippen LogP contribution in [0.1, 0.15) is 33.6 Å². The van der Waals surface area contributed by atoms with E-state index in [-0.39, 0.29) is 6.09 Å². The molecular formula is C14H19NO2S. The number of nitrogens with zero attached hydrogens (tertiary/aromatic N) is 1. The summed E-state index contributed by atoms with van der Waals surface area (Å²) in [6.07, 6.45) is 11.9. The maximum atomic E-state index is 12.0. The van der Waals surface area contributed by atoms with Crippen molar-refractivity contribution in [2.24, 2.45) is 5.92 Å². The van der Waals surface area contributed by atoms with Crippen molar-refractivity contribution < 1.29 is 9.53 Å². The van der Waals surface area contributed by atoms with Crippen molar-refractivity contribution in [1.29, 1.82) is 0 Å². The minimum absolute atomic E-state index is 0.306. The summed E-state index contributed by atoms with van der Waals surface area (Å²) in [5.74, 6) is 0.503. The Balaban J connectivity index is 2.07. The van der Waals surface area contributed by atoms with Gasteiger partial charge in [0, 0.05) is 11.1 Å². The maximum absolute atomic E-state index is 12.0. The Labute approximate surface area is 113 Å². The van der Waals surface area contributed by atoms with Gasteiger partial charge >= 0.3 is 6.09 Å². The Morgan fingerprint density at radius 3 is 2.83 bits per heavy atom. The van der Waals surface area contributed by atoms with E-state index in [1.165, 1.54) is 16.9 Å². The minimum atomic E-state index is -0.460. The molecule has 18 heavy (non-hydrogen) atoms. The number of hydrogen-bond acceptors (Lipinski definition) is 3. The summed E-state index contributed by atoms with van der Waals surface area (Å²) in [6, 6.07) is 0. The summed E-state index contributed by atoms with van der Waals surface area (Å²) in [7, 11) is 0. The monoisotopic (exact) mass is 265 g/mol. The molecule has 1 heterocycles. The Hall–Kier alpha value is -1.16. The number of amides is 1. The van der Waals surface area contributed by atoms with E-state index in [1.807, 2.05) is 33.0 Å². The van der Waals surface area contributed by atoms with Crippen LogP contribution in [-0.4, -0.2) is 16.0 Å². The number of fused-ring (bicyclic) bond motifs is 1. The SMILES string of the molecule is CC(C)(C)OC(=O)N1C=CCC2CC=CC=C2S1. The number of hydrogen-bond donors (Lipinski definition) is 0. The van der Waals surface area contributed by atoms with Gasteiger partial charge in [-0.3, -0.25) is 0 Å². The fraction of sp³-hybridized carbons (Fsp3) is 0.500. The molecule has 0 aromatic rings. The average Bonchev–Trinajstić information content (AvgIpc) is 2.48. The van der Waals surface area contributed by atoms with E-state index in [1.54, 1.807) is 4.31 Å². The molecule has 1 amide bonds. The zero-order chi connectivity index (χ0) is 13.2. The predicted octanol–water partition coefficient (Wildman–Crippen LogP) is 4.25. The van der Waals surface area contributed by atoms with Crippen LogP contribution in [0, 0.1) is 5.92 Å². The Bertz CT molecular complexity index is 418. The number of allylic oxidation sites excluding steroid dienone is 5. The van der Waals surface area contributed by atoms with Crippen molar-refractivity contribution >= 4 is 18.0 Å². The van der Waals surface area contributed by atoms with Gasteiger partial charge in [-0.25, -0.2) is 9.10 Å². The smallest absolute Gasteiger partial charge is 0.424 e. The van der Waals surface area contributed by atoms with Crippen LogP contribution in [0.2, 0.25) is 0 Å². The fourth-order valence-corrected chi connectivity index (χ4v) is 2.81. The molecule has 0 saturated carbocycles. The molecule has 0 spiro atoms.